The normalized spacial score (nSPS) is 9.71. The maximum Gasteiger partial charge on any atom is 0.356 e. The average molecular weight is 295 g/mol. The number of anilines is 1. The van der Waals surface area contributed by atoms with Gasteiger partial charge in [0, 0.05) is 6.20 Å². The Morgan fingerprint density at radius 1 is 1.19 bits per heavy atom. The number of urea groups is 1. The molecular weight excluding hydrogens is 282 g/mol. The Labute approximate surface area is 118 Å². The Morgan fingerprint density at radius 2 is 1.76 bits per heavy atom. The Kier molecular flexibility index (Phi) is 5.17. The van der Waals surface area contributed by atoms with Crippen molar-refractivity contribution < 1.29 is 24.3 Å². The maximum absolute atomic E-state index is 11.9. The van der Waals surface area contributed by atoms with Gasteiger partial charge in [-0.25, -0.2) is 14.6 Å². The molecule has 112 valence electrons. The van der Waals surface area contributed by atoms with E-state index in [0.29, 0.717) is 0 Å². The minimum atomic E-state index is -1.35. The zero-order valence-corrected chi connectivity index (χ0v) is 10.8. The summed E-state index contributed by atoms with van der Waals surface area (Å²) in [6.45, 7) is -1.09. The van der Waals surface area contributed by atoms with E-state index in [2.05, 4.69) is 10.3 Å². The molecule has 0 radical (unpaired) electrons. The van der Waals surface area contributed by atoms with Gasteiger partial charge in [-0.15, -0.1) is 0 Å². The van der Waals surface area contributed by atoms with Crippen LogP contribution in [0, 0.1) is 0 Å². The summed E-state index contributed by atoms with van der Waals surface area (Å²) in [5.41, 5.74) is 9.44. The van der Waals surface area contributed by atoms with Crippen LogP contribution in [0.2, 0.25) is 0 Å². The van der Waals surface area contributed by atoms with Gasteiger partial charge in [-0.3, -0.25) is 9.59 Å². The summed E-state index contributed by atoms with van der Waals surface area (Å²) in [6, 6.07) is 1.82. The SMILES string of the molecule is NC(=O)CN(CC(N)=O)C(=O)Nc1cccnc1C(=O)O. The second kappa shape index (κ2) is 6.84. The smallest absolute Gasteiger partial charge is 0.356 e. The summed E-state index contributed by atoms with van der Waals surface area (Å²) in [5, 5.41) is 11.2. The maximum atomic E-state index is 11.9. The number of carboxylic acid groups (broad SMARTS) is 1. The van der Waals surface area contributed by atoms with Crippen LogP contribution >= 0.6 is 0 Å². The second-order valence-electron chi connectivity index (χ2n) is 3.92. The van der Waals surface area contributed by atoms with Crippen LogP contribution in [0.15, 0.2) is 18.3 Å². The van der Waals surface area contributed by atoms with Gasteiger partial charge >= 0.3 is 12.0 Å². The molecule has 0 aliphatic rings. The first-order valence-corrected chi connectivity index (χ1v) is 5.62. The van der Waals surface area contributed by atoms with Crippen molar-refractivity contribution >= 4 is 29.5 Å². The second-order valence-corrected chi connectivity index (χ2v) is 3.92. The number of aromatic nitrogens is 1. The molecule has 4 amide bonds. The lowest BCUT2D eigenvalue weighted by Crippen LogP contribution is -2.45. The van der Waals surface area contributed by atoms with Crippen molar-refractivity contribution in [2.75, 3.05) is 18.4 Å². The van der Waals surface area contributed by atoms with E-state index < -0.39 is 36.9 Å². The molecule has 0 spiro atoms. The summed E-state index contributed by atoms with van der Waals surface area (Å²) in [4.78, 5) is 49.0. The van der Waals surface area contributed by atoms with Gasteiger partial charge in [-0.1, -0.05) is 0 Å². The predicted molar refractivity (Wildman–Crippen MR) is 70.2 cm³/mol. The van der Waals surface area contributed by atoms with E-state index in [9.17, 15) is 19.2 Å². The van der Waals surface area contributed by atoms with Gasteiger partial charge in [0.1, 0.15) is 13.1 Å². The number of nitrogens with one attached hydrogen (secondary N) is 1. The summed E-state index contributed by atoms with van der Waals surface area (Å²) >= 11 is 0. The average Bonchev–Trinajstić information content (AvgIpc) is 2.37. The number of aromatic carboxylic acids is 1. The van der Waals surface area contributed by atoms with E-state index in [1.807, 2.05) is 0 Å². The largest absolute Gasteiger partial charge is 0.476 e. The van der Waals surface area contributed by atoms with Crippen molar-refractivity contribution in [3.63, 3.8) is 0 Å². The first kappa shape index (κ1) is 15.9. The highest BCUT2D eigenvalue weighted by atomic mass is 16.4. The van der Waals surface area contributed by atoms with Gasteiger partial charge in [0.25, 0.3) is 0 Å². The standard InChI is InChI=1S/C11H13N5O5/c12-7(17)4-16(5-8(13)18)11(21)15-6-2-1-3-14-9(6)10(19)20/h1-3H,4-5H2,(H2,12,17)(H2,13,18)(H,15,21)(H,19,20). The number of nitrogens with two attached hydrogens (primary N) is 2. The minimum absolute atomic E-state index is 0.0889. The topological polar surface area (TPSA) is 169 Å². The number of primary amides is 2. The molecule has 0 bridgehead atoms. The molecule has 0 aromatic carbocycles. The van der Waals surface area contributed by atoms with Crippen molar-refractivity contribution in [2.24, 2.45) is 11.5 Å². The van der Waals surface area contributed by atoms with Crippen LogP contribution in [0.4, 0.5) is 10.5 Å². The molecule has 0 fully saturated rings. The van der Waals surface area contributed by atoms with Crippen LogP contribution in [-0.4, -0.2) is 51.9 Å². The van der Waals surface area contributed by atoms with Crippen molar-refractivity contribution in [1.82, 2.24) is 9.88 Å². The fraction of sp³-hybridized carbons (Fsp3) is 0.182. The van der Waals surface area contributed by atoms with E-state index in [1.165, 1.54) is 18.3 Å². The number of carbonyl (C=O) groups excluding carboxylic acids is 3. The van der Waals surface area contributed by atoms with E-state index in [0.717, 1.165) is 4.90 Å². The highest BCUT2D eigenvalue weighted by Crippen LogP contribution is 2.12. The molecule has 0 unspecified atom stereocenters. The zero-order chi connectivity index (χ0) is 16.0. The lowest BCUT2D eigenvalue weighted by atomic mass is 10.3. The predicted octanol–water partition coefficient (Wildman–Crippen LogP) is -1.42. The molecule has 21 heavy (non-hydrogen) atoms. The van der Waals surface area contributed by atoms with Crippen LogP contribution in [0.1, 0.15) is 10.5 Å². The van der Waals surface area contributed by atoms with Gasteiger partial charge in [0.15, 0.2) is 5.69 Å². The fourth-order valence-electron chi connectivity index (χ4n) is 1.45. The molecule has 0 atom stereocenters. The number of hydrogen-bond acceptors (Lipinski definition) is 5. The third-order valence-corrected chi connectivity index (χ3v) is 2.23. The first-order valence-electron chi connectivity index (χ1n) is 5.62. The molecule has 1 aromatic heterocycles. The summed E-state index contributed by atoms with van der Waals surface area (Å²) in [5.74, 6) is -3.05. The molecule has 0 saturated heterocycles. The third kappa shape index (κ3) is 4.78. The van der Waals surface area contributed by atoms with Crippen LogP contribution in [-0.2, 0) is 9.59 Å². The molecule has 0 aliphatic carbocycles. The third-order valence-electron chi connectivity index (χ3n) is 2.23. The monoisotopic (exact) mass is 295 g/mol. The van der Waals surface area contributed by atoms with Crippen LogP contribution in [0.5, 0.6) is 0 Å². The van der Waals surface area contributed by atoms with E-state index in [4.69, 9.17) is 16.6 Å². The Bertz CT molecular complexity index is 572. The summed E-state index contributed by atoms with van der Waals surface area (Å²) in [7, 11) is 0. The van der Waals surface area contributed by atoms with Crippen molar-refractivity contribution in [3.05, 3.63) is 24.0 Å². The molecule has 0 aliphatic heterocycles. The lowest BCUT2D eigenvalue weighted by molar-refractivity contribution is -0.120. The molecule has 6 N–H and O–H groups in total. The lowest BCUT2D eigenvalue weighted by Gasteiger charge is -2.20. The van der Waals surface area contributed by atoms with E-state index in [1.54, 1.807) is 0 Å². The van der Waals surface area contributed by atoms with Gasteiger partial charge in [-0.05, 0) is 12.1 Å². The zero-order valence-electron chi connectivity index (χ0n) is 10.8. The highest BCUT2D eigenvalue weighted by molar-refractivity contribution is 6.00. The Morgan fingerprint density at radius 3 is 2.24 bits per heavy atom. The van der Waals surface area contributed by atoms with Gasteiger partial charge in [0.05, 0.1) is 5.69 Å². The van der Waals surface area contributed by atoms with Gasteiger partial charge < -0.3 is 26.8 Å². The van der Waals surface area contributed by atoms with E-state index >= 15 is 0 Å². The molecule has 1 aromatic rings. The summed E-state index contributed by atoms with van der Waals surface area (Å²) in [6.07, 6.45) is 1.24. The van der Waals surface area contributed by atoms with Crippen molar-refractivity contribution in [1.29, 1.82) is 0 Å². The fourth-order valence-corrected chi connectivity index (χ4v) is 1.45. The number of rotatable bonds is 6. The number of nitrogens with zero attached hydrogens (tertiary/aromatic N) is 2. The van der Waals surface area contributed by atoms with Gasteiger partial charge in [0.2, 0.25) is 11.8 Å². The number of pyridine rings is 1. The van der Waals surface area contributed by atoms with Crippen molar-refractivity contribution in [3.8, 4) is 0 Å². The van der Waals surface area contributed by atoms with Crippen LogP contribution in [0.3, 0.4) is 0 Å². The number of hydrogen-bond donors (Lipinski definition) is 4. The number of amides is 4. The quantitative estimate of drug-likeness (QED) is 0.502. The molecule has 0 saturated carbocycles. The highest BCUT2D eigenvalue weighted by Gasteiger charge is 2.20. The Balaban J connectivity index is 2.93. The molecular formula is C11H13N5O5. The van der Waals surface area contributed by atoms with Crippen LogP contribution < -0.4 is 16.8 Å². The molecule has 10 heteroatoms. The number of carbonyl (C=O) groups is 4. The Hall–Kier alpha value is -3.17. The molecule has 10 nitrogen and oxygen atoms in total. The van der Waals surface area contributed by atoms with Crippen LogP contribution in [0.25, 0.3) is 0 Å². The number of carboxylic acids is 1. The van der Waals surface area contributed by atoms with Gasteiger partial charge in [-0.2, -0.15) is 0 Å². The minimum Gasteiger partial charge on any atom is -0.476 e. The molecule has 1 heterocycles. The van der Waals surface area contributed by atoms with Crippen molar-refractivity contribution in [2.45, 2.75) is 0 Å². The molecule has 1 rings (SSSR count). The van der Waals surface area contributed by atoms with E-state index in [-0.39, 0.29) is 11.4 Å². The first-order chi connectivity index (χ1) is 9.81. The summed E-state index contributed by atoms with van der Waals surface area (Å²) < 4.78 is 0.